The van der Waals surface area contributed by atoms with E-state index in [2.05, 4.69) is 6.07 Å². The number of carbonyl (C=O) groups excluding carboxylic acids is 1. The van der Waals surface area contributed by atoms with Crippen LogP contribution in [0.5, 0.6) is 0 Å². The minimum Gasteiger partial charge on any atom is -0.289 e. The van der Waals surface area contributed by atoms with Gasteiger partial charge in [0.15, 0.2) is 5.78 Å². The molecule has 114 valence electrons. The third kappa shape index (κ3) is 3.48. The average Bonchev–Trinajstić information content (AvgIpc) is 2.67. The molecule has 0 atom stereocenters. The lowest BCUT2D eigenvalue weighted by Crippen LogP contribution is -2.02. The number of carbonyl (C=O) groups is 1. The Hall–Kier alpha value is -3.44. The SMILES string of the molecule is N#Cc1cccc(/C=C(/C(=O)c2ccccc2)c2ccccc2)c1. The molecule has 0 aliphatic rings. The van der Waals surface area contributed by atoms with Crippen molar-refractivity contribution >= 4 is 17.4 Å². The van der Waals surface area contributed by atoms with E-state index in [9.17, 15) is 4.79 Å². The highest BCUT2D eigenvalue weighted by atomic mass is 16.1. The monoisotopic (exact) mass is 309 g/mol. The molecule has 0 aliphatic carbocycles. The van der Waals surface area contributed by atoms with E-state index in [4.69, 9.17) is 5.26 Å². The molecule has 2 nitrogen and oxygen atoms in total. The summed E-state index contributed by atoms with van der Waals surface area (Å²) in [6.07, 6.45) is 1.84. The topological polar surface area (TPSA) is 40.9 Å². The average molecular weight is 309 g/mol. The quantitative estimate of drug-likeness (QED) is 0.387. The van der Waals surface area contributed by atoms with Gasteiger partial charge < -0.3 is 0 Å². The van der Waals surface area contributed by atoms with Gasteiger partial charge >= 0.3 is 0 Å². The Morgan fingerprint density at radius 1 is 0.792 bits per heavy atom. The van der Waals surface area contributed by atoms with E-state index in [1.54, 1.807) is 12.1 Å². The molecule has 3 rings (SSSR count). The van der Waals surface area contributed by atoms with Gasteiger partial charge in [-0.2, -0.15) is 5.26 Å². The number of ketones is 1. The summed E-state index contributed by atoms with van der Waals surface area (Å²) in [5, 5.41) is 9.06. The van der Waals surface area contributed by atoms with Gasteiger partial charge in [-0.25, -0.2) is 0 Å². The summed E-state index contributed by atoms with van der Waals surface area (Å²) in [5.41, 5.74) is 3.51. The molecule has 2 heteroatoms. The van der Waals surface area contributed by atoms with E-state index >= 15 is 0 Å². The molecule has 3 aromatic rings. The highest BCUT2D eigenvalue weighted by Crippen LogP contribution is 2.23. The van der Waals surface area contributed by atoms with Crippen molar-refractivity contribution < 1.29 is 4.79 Å². The number of nitrogens with zero attached hydrogens (tertiary/aromatic N) is 1. The fraction of sp³-hybridized carbons (Fsp3) is 0. The zero-order chi connectivity index (χ0) is 16.8. The van der Waals surface area contributed by atoms with Gasteiger partial charge in [0, 0.05) is 11.1 Å². The largest absolute Gasteiger partial charge is 0.289 e. The fourth-order valence-electron chi connectivity index (χ4n) is 2.51. The van der Waals surface area contributed by atoms with Crippen LogP contribution in [0.2, 0.25) is 0 Å². The third-order valence-electron chi connectivity index (χ3n) is 3.69. The van der Waals surface area contributed by atoms with E-state index < -0.39 is 0 Å². The van der Waals surface area contributed by atoms with Crippen LogP contribution in [0.25, 0.3) is 11.6 Å². The Kier molecular flexibility index (Phi) is 4.65. The maximum atomic E-state index is 13.0. The van der Waals surface area contributed by atoms with Crippen LogP contribution >= 0.6 is 0 Å². The van der Waals surface area contributed by atoms with Crippen LogP contribution in [0, 0.1) is 11.3 Å². The summed E-state index contributed by atoms with van der Waals surface area (Å²) < 4.78 is 0. The predicted molar refractivity (Wildman–Crippen MR) is 96.2 cm³/mol. The summed E-state index contributed by atoms with van der Waals surface area (Å²) in [7, 11) is 0. The van der Waals surface area contributed by atoms with Crippen LogP contribution in [0.15, 0.2) is 84.9 Å². The highest BCUT2D eigenvalue weighted by Gasteiger charge is 2.14. The van der Waals surface area contributed by atoms with Crippen molar-refractivity contribution in [3.8, 4) is 6.07 Å². The molecule has 0 spiro atoms. The second-order valence-corrected chi connectivity index (χ2v) is 5.36. The van der Waals surface area contributed by atoms with Crippen molar-refractivity contribution in [2.75, 3.05) is 0 Å². The summed E-state index contributed by atoms with van der Waals surface area (Å²) in [6.45, 7) is 0. The van der Waals surface area contributed by atoms with Crippen LogP contribution in [-0.4, -0.2) is 5.78 Å². The van der Waals surface area contributed by atoms with Gasteiger partial charge in [0.05, 0.1) is 11.6 Å². The molecule has 0 amide bonds. The van der Waals surface area contributed by atoms with E-state index in [-0.39, 0.29) is 5.78 Å². The lowest BCUT2D eigenvalue weighted by atomic mass is 9.94. The van der Waals surface area contributed by atoms with Gasteiger partial charge in [-0.1, -0.05) is 72.8 Å². The van der Waals surface area contributed by atoms with E-state index in [1.807, 2.05) is 78.9 Å². The Bertz CT molecular complexity index is 919. The molecule has 0 aliphatic heterocycles. The normalized spacial score (nSPS) is 10.9. The van der Waals surface area contributed by atoms with Gasteiger partial charge in [-0.05, 0) is 29.3 Å². The van der Waals surface area contributed by atoms with Crippen molar-refractivity contribution in [3.63, 3.8) is 0 Å². The zero-order valence-corrected chi connectivity index (χ0v) is 13.0. The first-order valence-electron chi connectivity index (χ1n) is 7.65. The molecule has 0 fully saturated rings. The van der Waals surface area contributed by atoms with E-state index in [1.165, 1.54) is 0 Å². The van der Waals surface area contributed by atoms with Gasteiger partial charge in [-0.3, -0.25) is 4.79 Å². The molecule has 0 N–H and O–H groups in total. The van der Waals surface area contributed by atoms with Gasteiger partial charge in [-0.15, -0.1) is 0 Å². The second kappa shape index (κ2) is 7.21. The standard InChI is InChI=1S/C22H15NO/c23-16-18-9-7-8-17(14-18)15-21(19-10-3-1-4-11-19)22(24)20-12-5-2-6-13-20/h1-15H/b21-15+. The number of rotatable bonds is 4. The molecule has 0 heterocycles. The molecule has 0 saturated heterocycles. The third-order valence-corrected chi connectivity index (χ3v) is 3.69. The Morgan fingerprint density at radius 3 is 2.04 bits per heavy atom. The molecule has 0 saturated carbocycles. The van der Waals surface area contributed by atoms with Crippen molar-refractivity contribution in [3.05, 3.63) is 107 Å². The minimum absolute atomic E-state index is 0.0378. The van der Waals surface area contributed by atoms with Crippen molar-refractivity contribution in [1.82, 2.24) is 0 Å². The van der Waals surface area contributed by atoms with Crippen LogP contribution in [-0.2, 0) is 0 Å². The van der Waals surface area contributed by atoms with Crippen molar-refractivity contribution in [1.29, 1.82) is 5.26 Å². The minimum atomic E-state index is -0.0378. The predicted octanol–water partition coefficient (Wildman–Crippen LogP) is 4.98. The number of benzene rings is 3. The first-order chi connectivity index (χ1) is 11.8. The molecular weight excluding hydrogens is 294 g/mol. The summed E-state index contributed by atoms with van der Waals surface area (Å²) in [4.78, 5) is 13.0. The first-order valence-corrected chi connectivity index (χ1v) is 7.65. The summed E-state index contributed by atoms with van der Waals surface area (Å²) in [5.74, 6) is -0.0378. The summed E-state index contributed by atoms with van der Waals surface area (Å²) in [6, 6.07) is 28.2. The van der Waals surface area contributed by atoms with Crippen LogP contribution in [0.3, 0.4) is 0 Å². The van der Waals surface area contributed by atoms with Crippen molar-refractivity contribution in [2.24, 2.45) is 0 Å². The Labute approximate surface area is 141 Å². The number of Topliss-reactive ketones (excluding diaryl/α,β-unsaturated/α-hetero) is 1. The maximum absolute atomic E-state index is 13.0. The highest BCUT2D eigenvalue weighted by molar-refractivity contribution is 6.32. The van der Waals surface area contributed by atoms with Gasteiger partial charge in [0.1, 0.15) is 0 Å². The molecule has 0 unspecified atom stereocenters. The molecule has 24 heavy (non-hydrogen) atoms. The number of nitriles is 1. The first kappa shape index (κ1) is 15.5. The maximum Gasteiger partial charge on any atom is 0.193 e. The molecular formula is C22H15NO. The van der Waals surface area contributed by atoms with E-state index in [0.717, 1.165) is 11.1 Å². The summed E-state index contributed by atoms with van der Waals surface area (Å²) >= 11 is 0. The number of allylic oxidation sites excluding steroid dienone is 1. The van der Waals surface area contributed by atoms with Crippen molar-refractivity contribution in [2.45, 2.75) is 0 Å². The van der Waals surface area contributed by atoms with E-state index in [0.29, 0.717) is 16.7 Å². The van der Waals surface area contributed by atoms with Crippen LogP contribution in [0.1, 0.15) is 27.0 Å². The van der Waals surface area contributed by atoms with Gasteiger partial charge in [0.2, 0.25) is 0 Å². The Morgan fingerprint density at radius 2 is 1.42 bits per heavy atom. The fourth-order valence-corrected chi connectivity index (χ4v) is 2.51. The second-order valence-electron chi connectivity index (χ2n) is 5.36. The number of hydrogen-bond acceptors (Lipinski definition) is 2. The Balaban J connectivity index is 2.11. The smallest absolute Gasteiger partial charge is 0.193 e. The number of hydrogen-bond donors (Lipinski definition) is 0. The lowest BCUT2D eigenvalue weighted by Gasteiger charge is -2.08. The lowest BCUT2D eigenvalue weighted by molar-refractivity contribution is 0.105. The molecule has 0 radical (unpaired) electrons. The molecule has 3 aromatic carbocycles. The molecule has 0 bridgehead atoms. The van der Waals surface area contributed by atoms with Crippen LogP contribution in [0.4, 0.5) is 0 Å². The zero-order valence-electron chi connectivity index (χ0n) is 13.0. The van der Waals surface area contributed by atoms with Crippen LogP contribution < -0.4 is 0 Å². The molecule has 0 aromatic heterocycles. The van der Waals surface area contributed by atoms with Gasteiger partial charge in [0.25, 0.3) is 0 Å².